The van der Waals surface area contributed by atoms with E-state index in [1.165, 1.54) is 10.9 Å². The fourth-order valence-corrected chi connectivity index (χ4v) is 3.55. The van der Waals surface area contributed by atoms with Crippen LogP contribution in [0, 0.1) is 0 Å². The highest BCUT2D eigenvalue weighted by Crippen LogP contribution is 2.42. The Morgan fingerprint density at radius 1 is 1.29 bits per heavy atom. The Bertz CT molecular complexity index is 611. The maximum Gasteiger partial charge on any atom is 0.134 e. The van der Waals surface area contributed by atoms with Crippen LogP contribution >= 0.6 is 0 Å². The number of aryl methyl sites for hydroxylation is 1. The topological polar surface area (TPSA) is 34.4 Å². The van der Waals surface area contributed by atoms with Gasteiger partial charge in [0.1, 0.15) is 11.3 Å². The molecule has 0 aliphatic carbocycles. The maximum absolute atomic E-state index is 6.12. The first-order valence-electron chi connectivity index (χ1n) is 8.07. The lowest BCUT2D eigenvalue weighted by molar-refractivity contribution is -0.0122. The van der Waals surface area contributed by atoms with Crippen LogP contribution in [-0.2, 0) is 11.2 Å². The molecule has 1 saturated heterocycles. The second-order valence-electron chi connectivity index (χ2n) is 6.04. The summed E-state index contributed by atoms with van der Waals surface area (Å²) in [4.78, 5) is 0. The first kappa shape index (κ1) is 14.6. The van der Waals surface area contributed by atoms with Gasteiger partial charge < -0.3 is 14.5 Å². The van der Waals surface area contributed by atoms with Crippen molar-refractivity contribution in [3.8, 4) is 0 Å². The molecule has 3 rings (SSSR count). The monoisotopic (exact) mass is 287 g/mol. The molecule has 0 spiro atoms. The van der Waals surface area contributed by atoms with Gasteiger partial charge in [0.25, 0.3) is 0 Å². The van der Waals surface area contributed by atoms with Crippen molar-refractivity contribution in [2.45, 2.75) is 51.7 Å². The maximum atomic E-state index is 6.12. The smallest absolute Gasteiger partial charge is 0.134 e. The number of benzene rings is 1. The number of fused-ring (bicyclic) bond motifs is 1. The molecule has 2 atom stereocenters. The fraction of sp³-hybridized carbons (Fsp3) is 0.556. The van der Waals surface area contributed by atoms with Gasteiger partial charge in [-0.2, -0.15) is 0 Å². The van der Waals surface area contributed by atoms with E-state index in [1.54, 1.807) is 0 Å². The van der Waals surface area contributed by atoms with E-state index in [2.05, 4.69) is 44.3 Å². The molecule has 3 nitrogen and oxygen atoms in total. The average molecular weight is 287 g/mol. The molecule has 2 aromatic rings. The molecule has 1 aliphatic rings. The van der Waals surface area contributed by atoms with E-state index in [1.807, 2.05) is 6.07 Å². The second kappa shape index (κ2) is 5.82. The third kappa shape index (κ3) is 2.49. The van der Waals surface area contributed by atoms with E-state index in [9.17, 15) is 0 Å². The van der Waals surface area contributed by atoms with Gasteiger partial charge in [-0.15, -0.1) is 0 Å². The molecule has 3 heteroatoms. The van der Waals surface area contributed by atoms with Gasteiger partial charge in [0.2, 0.25) is 0 Å². The standard InChI is InChI=1S/C18H25NO2/c1-4-14-16(13-9-6-7-10-15(13)21-14)17(19-5-2)18(3)11-8-12-20-18/h6-7,9-10,17,19H,4-5,8,11-12H2,1-3H3. The van der Waals surface area contributed by atoms with Crippen molar-refractivity contribution in [3.63, 3.8) is 0 Å². The van der Waals surface area contributed by atoms with E-state index in [-0.39, 0.29) is 11.6 Å². The molecule has 114 valence electrons. The zero-order valence-corrected chi connectivity index (χ0v) is 13.2. The summed E-state index contributed by atoms with van der Waals surface area (Å²) in [6.45, 7) is 8.32. The second-order valence-corrected chi connectivity index (χ2v) is 6.04. The number of nitrogens with one attached hydrogen (secondary N) is 1. The number of para-hydroxylation sites is 1. The van der Waals surface area contributed by atoms with E-state index < -0.39 is 0 Å². The number of hydrogen-bond donors (Lipinski definition) is 1. The van der Waals surface area contributed by atoms with Gasteiger partial charge in [0.15, 0.2) is 0 Å². The predicted molar refractivity (Wildman–Crippen MR) is 85.6 cm³/mol. The molecule has 1 N–H and O–H groups in total. The summed E-state index contributed by atoms with van der Waals surface area (Å²) in [5, 5.41) is 4.87. The molecule has 2 unspecified atom stereocenters. The van der Waals surface area contributed by atoms with Crippen LogP contribution in [-0.4, -0.2) is 18.8 Å². The van der Waals surface area contributed by atoms with Crippen LogP contribution in [0.15, 0.2) is 28.7 Å². The Hall–Kier alpha value is -1.32. The zero-order valence-electron chi connectivity index (χ0n) is 13.2. The average Bonchev–Trinajstić information content (AvgIpc) is 3.09. The lowest BCUT2D eigenvalue weighted by Crippen LogP contribution is -2.41. The number of hydrogen-bond acceptors (Lipinski definition) is 3. The molecule has 0 bridgehead atoms. The van der Waals surface area contributed by atoms with Crippen molar-refractivity contribution in [2.75, 3.05) is 13.2 Å². The van der Waals surface area contributed by atoms with Crippen LogP contribution in [0.1, 0.15) is 51.0 Å². The summed E-state index contributed by atoms with van der Waals surface area (Å²) >= 11 is 0. The highest BCUT2D eigenvalue weighted by molar-refractivity contribution is 5.83. The predicted octanol–water partition coefficient (Wildman–Crippen LogP) is 4.21. The highest BCUT2D eigenvalue weighted by Gasteiger charge is 2.41. The largest absolute Gasteiger partial charge is 0.461 e. The molecule has 1 aromatic heterocycles. The first-order valence-corrected chi connectivity index (χ1v) is 8.07. The SMILES string of the molecule is CCNC(c1c(CC)oc2ccccc12)C1(C)CCCO1. The van der Waals surface area contributed by atoms with Crippen LogP contribution in [0.4, 0.5) is 0 Å². The van der Waals surface area contributed by atoms with Gasteiger partial charge in [0.05, 0.1) is 11.6 Å². The molecule has 2 heterocycles. The van der Waals surface area contributed by atoms with Crippen molar-refractivity contribution in [2.24, 2.45) is 0 Å². The Balaban J connectivity index is 2.14. The molecule has 1 aromatic carbocycles. The summed E-state index contributed by atoms with van der Waals surface area (Å²) in [7, 11) is 0. The number of rotatable bonds is 5. The van der Waals surface area contributed by atoms with Crippen LogP contribution in [0.5, 0.6) is 0 Å². The van der Waals surface area contributed by atoms with Gasteiger partial charge in [-0.25, -0.2) is 0 Å². The molecular formula is C18H25NO2. The van der Waals surface area contributed by atoms with Crippen LogP contribution in [0.3, 0.4) is 0 Å². The Kier molecular flexibility index (Phi) is 4.05. The summed E-state index contributed by atoms with van der Waals surface area (Å²) in [6.07, 6.45) is 3.13. The van der Waals surface area contributed by atoms with Gasteiger partial charge in [0, 0.05) is 24.0 Å². The third-order valence-corrected chi connectivity index (χ3v) is 4.59. The van der Waals surface area contributed by atoms with Gasteiger partial charge in [-0.3, -0.25) is 0 Å². The van der Waals surface area contributed by atoms with E-state index >= 15 is 0 Å². The number of furan rings is 1. The lowest BCUT2D eigenvalue weighted by Gasteiger charge is -2.34. The minimum Gasteiger partial charge on any atom is -0.461 e. The molecule has 0 amide bonds. The van der Waals surface area contributed by atoms with Crippen LogP contribution < -0.4 is 5.32 Å². The van der Waals surface area contributed by atoms with Crippen molar-refractivity contribution in [1.82, 2.24) is 5.32 Å². The summed E-state index contributed by atoms with van der Waals surface area (Å²) in [5.74, 6) is 1.08. The van der Waals surface area contributed by atoms with Crippen LogP contribution in [0.2, 0.25) is 0 Å². The Labute approximate surface area is 126 Å². The first-order chi connectivity index (χ1) is 10.2. The molecule has 0 saturated carbocycles. The van der Waals surface area contributed by atoms with Crippen molar-refractivity contribution in [3.05, 3.63) is 35.6 Å². The normalized spacial score (nSPS) is 23.8. The third-order valence-electron chi connectivity index (χ3n) is 4.59. The number of likely N-dealkylation sites (N-methyl/N-ethyl adjacent to an activating group) is 1. The van der Waals surface area contributed by atoms with Crippen molar-refractivity contribution >= 4 is 11.0 Å². The van der Waals surface area contributed by atoms with E-state index in [4.69, 9.17) is 9.15 Å². The summed E-state index contributed by atoms with van der Waals surface area (Å²) in [5.41, 5.74) is 2.13. The van der Waals surface area contributed by atoms with E-state index in [0.29, 0.717) is 0 Å². The molecule has 1 fully saturated rings. The lowest BCUT2D eigenvalue weighted by atomic mass is 9.85. The Morgan fingerprint density at radius 2 is 2.10 bits per heavy atom. The van der Waals surface area contributed by atoms with Gasteiger partial charge in [-0.1, -0.05) is 32.0 Å². The van der Waals surface area contributed by atoms with Crippen LogP contribution in [0.25, 0.3) is 11.0 Å². The highest BCUT2D eigenvalue weighted by atomic mass is 16.5. The minimum atomic E-state index is -0.146. The quantitative estimate of drug-likeness (QED) is 0.894. The number of ether oxygens (including phenoxy) is 1. The molecule has 21 heavy (non-hydrogen) atoms. The van der Waals surface area contributed by atoms with Gasteiger partial charge >= 0.3 is 0 Å². The molecule has 1 aliphatic heterocycles. The minimum absolute atomic E-state index is 0.146. The van der Waals surface area contributed by atoms with Crippen molar-refractivity contribution in [1.29, 1.82) is 0 Å². The van der Waals surface area contributed by atoms with Gasteiger partial charge in [-0.05, 0) is 32.4 Å². The summed E-state index contributed by atoms with van der Waals surface area (Å²) in [6, 6.07) is 8.52. The van der Waals surface area contributed by atoms with E-state index in [0.717, 1.165) is 43.8 Å². The molecule has 0 radical (unpaired) electrons. The summed E-state index contributed by atoms with van der Waals surface area (Å²) < 4.78 is 12.2. The van der Waals surface area contributed by atoms with Crippen molar-refractivity contribution < 1.29 is 9.15 Å². The molecular weight excluding hydrogens is 262 g/mol. The Morgan fingerprint density at radius 3 is 2.76 bits per heavy atom. The fourth-order valence-electron chi connectivity index (χ4n) is 3.55. The zero-order chi connectivity index (χ0) is 14.9.